The number of hydrogen-bond donors (Lipinski definition) is 1. The summed E-state index contributed by atoms with van der Waals surface area (Å²) in [5.41, 5.74) is 6.14. The van der Waals surface area contributed by atoms with Crippen molar-refractivity contribution >= 4 is 5.91 Å². The molecule has 2 heterocycles. The van der Waals surface area contributed by atoms with Gasteiger partial charge in [0.25, 0.3) is 5.91 Å². The Morgan fingerprint density at radius 2 is 2.42 bits per heavy atom. The predicted octanol–water partition coefficient (Wildman–Crippen LogP) is 0.0627. The average Bonchev–Trinajstić information content (AvgIpc) is 2.49. The zero-order valence-corrected chi connectivity index (χ0v) is 6.56. The molecule has 4 nitrogen and oxygen atoms in total. The molecule has 1 saturated heterocycles. The van der Waals surface area contributed by atoms with Gasteiger partial charge in [0.2, 0.25) is 0 Å². The standard InChI is InChI=1S/C8H10N2O2/c9-7-3-10(4-7)8(11)6-1-2-12-5-6/h1-2,5,7H,3-4,9H2. The van der Waals surface area contributed by atoms with Crippen molar-refractivity contribution in [1.29, 1.82) is 0 Å². The van der Waals surface area contributed by atoms with Crippen LogP contribution in [0.5, 0.6) is 0 Å². The van der Waals surface area contributed by atoms with E-state index in [0.29, 0.717) is 18.7 Å². The van der Waals surface area contributed by atoms with E-state index in [4.69, 9.17) is 10.2 Å². The molecule has 2 N–H and O–H groups in total. The Morgan fingerprint density at radius 3 is 2.92 bits per heavy atom. The van der Waals surface area contributed by atoms with Crippen LogP contribution in [-0.2, 0) is 0 Å². The number of amides is 1. The van der Waals surface area contributed by atoms with Crippen LogP contribution in [0.15, 0.2) is 23.0 Å². The first-order valence-electron chi connectivity index (χ1n) is 3.84. The van der Waals surface area contributed by atoms with E-state index >= 15 is 0 Å². The minimum atomic E-state index is 0.00505. The molecule has 4 heteroatoms. The predicted molar refractivity (Wildman–Crippen MR) is 42.6 cm³/mol. The summed E-state index contributed by atoms with van der Waals surface area (Å²) in [5.74, 6) is 0.00505. The van der Waals surface area contributed by atoms with Crippen molar-refractivity contribution in [3.63, 3.8) is 0 Å². The van der Waals surface area contributed by atoms with Crippen molar-refractivity contribution in [3.05, 3.63) is 24.2 Å². The summed E-state index contributed by atoms with van der Waals surface area (Å²) in [7, 11) is 0. The first-order valence-corrected chi connectivity index (χ1v) is 3.84. The van der Waals surface area contributed by atoms with Gasteiger partial charge in [-0.25, -0.2) is 0 Å². The van der Waals surface area contributed by atoms with Crippen LogP contribution in [0.3, 0.4) is 0 Å². The molecule has 2 rings (SSSR count). The van der Waals surface area contributed by atoms with E-state index in [2.05, 4.69) is 0 Å². The lowest BCUT2D eigenvalue weighted by molar-refractivity contribution is 0.0607. The number of carbonyl (C=O) groups excluding carboxylic acids is 1. The summed E-state index contributed by atoms with van der Waals surface area (Å²) < 4.78 is 4.80. The molecular weight excluding hydrogens is 156 g/mol. The summed E-state index contributed by atoms with van der Waals surface area (Å²) in [6.45, 7) is 1.31. The minimum absolute atomic E-state index is 0.00505. The third-order valence-electron chi connectivity index (χ3n) is 1.97. The summed E-state index contributed by atoms with van der Waals surface area (Å²) in [5, 5.41) is 0. The highest BCUT2D eigenvalue weighted by Gasteiger charge is 2.28. The second-order valence-corrected chi connectivity index (χ2v) is 2.98. The van der Waals surface area contributed by atoms with Crippen LogP contribution in [-0.4, -0.2) is 29.9 Å². The monoisotopic (exact) mass is 166 g/mol. The molecule has 0 saturated carbocycles. The molecule has 0 atom stereocenters. The average molecular weight is 166 g/mol. The lowest BCUT2D eigenvalue weighted by atomic mass is 10.1. The van der Waals surface area contributed by atoms with Gasteiger partial charge < -0.3 is 15.1 Å². The smallest absolute Gasteiger partial charge is 0.257 e. The van der Waals surface area contributed by atoms with Gasteiger partial charge >= 0.3 is 0 Å². The first-order chi connectivity index (χ1) is 5.77. The van der Waals surface area contributed by atoms with E-state index in [1.807, 2.05) is 0 Å². The molecule has 0 bridgehead atoms. The highest BCUT2D eigenvalue weighted by atomic mass is 16.3. The molecule has 0 unspecified atom stereocenters. The number of nitrogens with zero attached hydrogens (tertiary/aromatic N) is 1. The van der Waals surface area contributed by atoms with E-state index in [9.17, 15) is 4.79 Å². The first kappa shape index (κ1) is 7.36. The Labute approximate surface area is 69.9 Å². The van der Waals surface area contributed by atoms with E-state index in [1.54, 1.807) is 11.0 Å². The largest absolute Gasteiger partial charge is 0.472 e. The van der Waals surface area contributed by atoms with Gasteiger partial charge in [0.05, 0.1) is 11.8 Å². The minimum Gasteiger partial charge on any atom is -0.472 e. The van der Waals surface area contributed by atoms with Gasteiger partial charge in [0.15, 0.2) is 0 Å². The molecule has 1 aromatic rings. The van der Waals surface area contributed by atoms with Gasteiger partial charge in [-0.15, -0.1) is 0 Å². The van der Waals surface area contributed by atoms with Crippen LogP contribution in [0.4, 0.5) is 0 Å². The van der Waals surface area contributed by atoms with Crippen LogP contribution in [0, 0.1) is 0 Å². The third-order valence-corrected chi connectivity index (χ3v) is 1.97. The Kier molecular flexibility index (Phi) is 1.62. The quantitative estimate of drug-likeness (QED) is 0.641. The molecule has 0 aromatic carbocycles. The van der Waals surface area contributed by atoms with E-state index in [0.717, 1.165) is 0 Å². The van der Waals surface area contributed by atoms with Crippen LogP contribution in [0.1, 0.15) is 10.4 Å². The van der Waals surface area contributed by atoms with E-state index in [-0.39, 0.29) is 11.9 Å². The molecule has 1 aliphatic rings. The highest BCUT2D eigenvalue weighted by Crippen LogP contribution is 2.11. The van der Waals surface area contributed by atoms with Crippen molar-refractivity contribution in [2.45, 2.75) is 6.04 Å². The van der Waals surface area contributed by atoms with Crippen LogP contribution >= 0.6 is 0 Å². The summed E-state index contributed by atoms with van der Waals surface area (Å²) in [6.07, 6.45) is 2.94. The van der Waals surface area contributed by atoms with Crippen molar-refractivity contribution < 1.29 is 9.21 Å². The van der Waals surface area contributed by atoms with Crippen LogP contribution in [0.25, 0.3) is 0 Å². The molecule has 1 amide bonds. The summed E-state index contributed by atoms with van der Waals surface area (Å²) in [6, 6.07) is 1.81. The number of likely N-dealkylation sites (tertiary alicyclic amines) is 1. The van der Waals surface area contributed by atoms with Gasteiger partial charge in [0.1, 0.15) is 6.26 Å². The molecule has 12 heavy (non-hydrogen) atoms. The third kappa shape index (κ3) is 1.10. The van der Waals surface area contributed by atoms with Crippen molar-refractivity contribution in [1.82, 2.24) is 4.90 Å². The van der Waals surface area contributed by atoms with Crippen LogP contribution < -0.4 is 5.73 Å². The lowest BCUT2D eigenvalue weighted by Crippen LogP contribution is -2.57. The topological polar surface area (TPSA) is 59.5 Å². The molecule has 1 aromatic heterocycles. The number of furan rings is 1. The fourth-order valence-corrected chi connectivity index (χ4v) is 1.25. The lowest BCUT2D eigenvalue weighted by Gasteiger charge is -2.36. The molecule has 0 radical (unpaired) electrons. The summed E-state index contributed by atoms with van der Waals surface area (Å²) in [4.78, 5) is 13.1. The SMILES string of the molecule is NC1CN(C(=O)c2ccoc2)C1. The second-order valence-electron chi connectivity index (χ2n) is 2.98. The Balaban J connectivity index is 2.03. The molecule has 0 aliphatic carbocycles. The normalized spacial score (nSPS) is 17.6. The maximum atomic E-state index is 11.4. The molecule has 1 aliphatic heterocycles. The summed E-state index contributed by atoms with van der Waals surface area (Å²) >= 11 is 0. The molecular formula is C8H10N2O2. The van der Waals surface area contributed by atoms with Gasteiger partial charge in [0, 0.05) is 19.1 Å². The number of rotatable bonds is 1. The van der Waals surface area contributed by atoms with Gasteiger partial charge in [-0.1, -0.05) is 0 Å². The Morgan fingerprint density at radius 1 is 1.67 bits per heavy atom. The van der Waals surface area contributed by atoms with Crippen molar-refractivity contribution in [3.8, 4) is 0 Å². The van der Waals surface area contributed by atoms with Gasteiger partial charge in [-0.05, 0) is 6.07 Å². The fraction of sp³-hybridized carbons (Fsp3) is 0.375. The Hall–Kier alpha value is -1.29. The fourth-order valence-electron chi connectivity index (χ4n) is 1.25. The molecule has 64 valence electrons. The number of nitrogens with two attached hydrogens (primary N) is 1. The molecule has 1 fully saturated rings. The van der Waals surface area contributed by atoms with Gasteiger partial charge in [-0.3, -0.25) is 4.79 Å². The number of hydrogen-bond acceptors (Lipinski definition) is 3. The van der Waals surface area contributed by atoms with E-state index in [1.165, 1.54) is 12.5 Å². The number of carbonyl (C=O) groups is 1. The van der Waals surface area contributed by atoms with E-state index < -0.39 is 0 Å². The molecule has 0 spiro atoms. The maximum absolute atomic E-state index is 11.4. The van der Waals surface area contributed by atoms with Gasteiger partial charge in [-0.2, -0.15) is 0 Å². The highest BCUT2D eigenvalue weighted by molar-refractivity contribution is 5.94. The zero-order valence-electron chi connectivity index (χ0n) is 6.56. The van der Waals surface area contributed by atoms with Crippen LogP contribution in [0.2, 0.25) is 0 Å². The second kappa shape index (κ2) is 2.64. The maximum Gasteiger partial charge on any atom is 0.257 e. The Bertz CT molecular complexity index is 275. The van der Waals surface area contributed by atoms with Crippen molar-refractivity contribution in [2.24, 2.45) is 5.73 Å². The van der Waals surface area contributed by atoms with Crippen molar-refractivity contribution in [2.75, 3.05) is 13.1 Å². The zero-order chi connectivity index (χ0) is 8.55.